The number of nitrogens with one attached hydrogen (secondary N) is 1. The Balaban J connectivity index is 1.35. The summed E-state index contributed by atoms with van der Waals surface area (Å²) in [5, 5.41) is 7.59. The van der Waals surface area contributed by atoms with E-state index in [1.54, 1.807) is 12.1 Å². The first-order valence-electron chi connectivity index (χ1n) is 8.61. The molecule has 4 rings (SSSR count). The molecule has 2 heterocycles. The summed E-state index contributed by atoms with van der Waals surface area (Å²) in [4.78, 5) is 16.5. The van der Waals surface area contributed by atoms with Crippen LogP contribution in [0.5, 0.6) is 0 Å². The van der Waals surface area contributed by atoms with Gasteiger partial charge in [0.25, 0.3) is 5.91 Å². The second-order valence-corrected chi connectivity index (χ2v) is 7.16. The highest BCUT2D eigenvalue weighted by molar-refractivity contribution is 6.31. The molecule has 2 fully saturated rings. The molecule has 1 aliphatic carbocycles. The minimum absolute atomic E-state index is 0.0354. The molecule has 1 amide bonds. The summed E-state index contributed by atoms with van der Waals surface area (Å²) < 4.78 is 13.9. The third-order valence-electron chi connectivity index (χ3n) is 4.94. The van der Waals surface area contributed by atoms with Gasteiger partial charge in [-0.15, -0.1) is 0 Å². The summed E-state index contributed by atoms with van der Waals surface area (Å²) in [5.74, 6) is 0.235. The molecule has 132 valence electrons. The summed E-state index contributed by atoms with van der Waals surface area (Å²) in [7, 11) is 0. The van der Waals surface area contributed by atoms with Crippen molar-refractivity contribution in [1.82, 2.24) is 20.0 Å². The average Bonchev–Trinajstić information content (AvgIpc) is 3.35. The monoisotopic (exact) mass is 362 g/mol. The molecular formula is C18H20ClFN4O. The average molecular weight is 363 g/mol. The highest BCUT2D eigenvalue weighted by Crippen LogP contribution is 2.39. The van der Waals surface area contributed by atoms with Crippen LogP contribution in [0.4, 0.5) is 4.39 Å². The second kappa shape index (κ2) is 6.77. The number of hydrogen-bond donors (Lipinski definition) is 1. The fraction of sp³-hybridized carbons (Fsp3) is 0.444. The normalized spacial score (nSPS) is 18.6. The Morgan fingerprint density at radius 3 is 2.72 bits per heavy atom. The van der Waals surface area contributed by atoms with E-state index in [2.05, 4.69) is 15.1 Å². The molecule has 25 heavy (non-hydrogen) atoms. The molecule has 2 aliphatic rings. The van der Waals surface area contributed by atoms with Gasteiger partial charge in [-0.3, -0.25) is 14.8 Å². The number of benzene rings is 1. The van der Waals surface area contributed by atoms with Crippen LogP contribution in [0.3, 0.4) is 0 Å². The molecule has 0 spiro atoms. The number of aromatic amines is 1. The number of nitrogens with zero attached hydrogens (tertiary/aromatic N) is 3. The number of carbonyl (C=O) groups is 1. The zero-order valence-electron chi connectivity index (χ0n) is 13.8. The first-order chi connectivity index (χ1) is 12.1. The lowest BCUT2D eigenvalue weighted by atomic mass is 10.1. The number of aromatic nitrogens is 2. The van der Waals surface area contributed by atoms with Crippen molar-refractivity contribution >= 4 is 17.5 Å². The van der Waals surface area contributed by atoms with Crippen molar-refractivity contribution in [3.8, 4) is 0 Å². The number of halogens is 2. The topological polar surface area (TPSA) is 52.2 Å². The minimum Gasteiger partial charge on any atom is -0.335 e. The van der Waals surface area contributed by atoms with Crippen LogP contribution in [0.15, 0.2) is 24.3 Å². The van der Waals surface area contributed by atoms with E-state index in [4.69, 9.17) is 11.6 Å². The fourth-order valence-corrected chi connectivity index (χ4v) is 3.45. The van der Waals surface area contributed by atoms with Gasteiger partial charge in [-0.2, -0.15) is 5.10 Å². The molecule has 1 saturated carbocycles. The molecule has 1 saturated heterocycles. The van der Waals surface area contributed by atoms with Crippen LogP contribution in [0.25, 0.3) is 0 Å². The lowest BCUT2D eigenvalue weighted by Gasteiger charge is -2.34. The van der Waals surface area contributed by atoms with Crippen molar-refractivity contribution < 1.29 is 9.18 Å². The first kappa shape index (κ1) is 16.5. The van der Waals surface area contributed by atoms with Crippen LogP contribution < -0.4 is 0 Å². The third-order valence-corrected chi connectivity index (χ3v) is 5.29. The number of carbonyl (C=O) groups excluding carboxylic acids is 1. The standard InChI is InChI=1S/C18H20ClFN4O/c19-14-2-1-3-15(20)13(14)11-23-6-8-24(9-7-23)18(25)17-10-16(21-22-17)12-4-5-12/h1-3,10,12H,4-9,11H2,(H,21,22). The molecule has 1 aromatic carbocycles. The van der Waals surface area contributed by atoms with E-state index in [9.17, 15) is 9.18 Å². The molecular weight excluding hydrogens is 343 g/mol. The van der Waals surface area contributed by atoms with E-state index in [-0.39, 0.29) is 11.7 Å². The van der Waals surface area contributed by atoms with Gasteiger partial charge in [-0.25, -0.2) is 4.39 Å². The maximum absolute atomic E-state index is 13.9. The van der Waals surface area contributed by atoms with Gasteiger partial charge >= 0.3 is 0 Å². The molecule has 7 heteroatoms. The molecule has 0 atom stereocenters. The van der Waals surface area contributed by atoms with E-state index in [1.807, 2.05) is 11.0 Å². The van der Waals surface area contributed by atoms with Crippen molar-refractivity contribution in [2.75, 3.05) is 26.2 Å². The molecule has 0 radical (unpaired) electrons. The zero-order valence-corrected chi connectivity index (χ0v) is 14.6. The van der Waals surface area contributed by atoms with Gasteiger partial charge < -0.3 is 4.90 Å². The smallest absolute Gasteiger partial charge is 0.274 e. The van der Waals surface area contributed by atoms with Crippen molar-refractivity contribution in [3.63, 3.8) is 0 Å². The highest BCUT2D eigenvalue weighted by Gasteiger charge is 2.29. The van der Waals surface area contributed by atoms with E-state index < -0.39 is 0 Å². The molecule has 0 bridgehead atoms. The van der Waals surface area contributed by atoms with Gasteiger partial charge in [0.05, 0.1) is 0 Å². The molecule has 5 nitrogen and oxygen atoms in total. The zero-order chi connectivity index (χ0) is 17.4. The number of rotatable bonds is 4. The lowest BCUT2D eigenvalue weighted by Crippen LogP contribution is -2.48. The van der Waals surface area contributed by atoms with Gasteiger partial charge in [0.1, 0.15) is 11.5 Å². The van der Waals surface area contributed by atoms with Crippen LogP contribution in [-0.4, -0.2) is 52.1 Å². The third kappa shape index (κ3) is 3.55. The van der Waals surface area contributed by atoms with Gasteiger partial charge in [-0.05, 0) is 31.0 Å². The molecule has 0 unspecified atom stereocenters. The Hall–Kier alpha value is -1.92. The highest BCUT2D eigenvalue weighted by atomic mass is 35.5. The molecule has 2 aromatic rings. The quantitative estimate of drug-likeness (QED) is 0.909. The Kier molecular flexibility index (Phi) is 4.48. The summed E-state index contributed by atoms with van der Waals surface area (Å²) >= 11 is 6.10. The van der Waals surface area contributed by atoms with Crippen molar-refractivity contribution in [3.05, 3.63) is 52.1 Å². The Morgan fingerprint density at radius 2 is 2.04 bits per heavy atom. The van der Waals surface area contributed by atoms with E-state index in [1.165, 1.54) is 18.9 Å². The Bertz CT molecular complexity index is 761. The second-order valence-electron chi connectivity index (χ2n) is 6.75. The van der Waals surface area contributed by atoms with E-state index >= 15 is 0 Å². The van der Waals surface area contributed by atoms with Gasteiger partial charge in [0.2, 0.25) is 0 Å². The van der Waals surface area contributed by atoms with Crippen molar-refractivity contribution in [1.29, 1.82) is 0 Å². The maximum atomic E-state index is 13.9. The Labute approximate surface area is 150 Å². The molecule has 1 aromatic heterocycles. The minimum atomic E-state index is -0.282. The number of amides is 1. The first-order valence-corrected chi connectivity index (χ1v) is 8.99. The van der Waals surface area contributed by atoms with Crippen molar-refractivity contribution in [2.45, 2.75) is 25.3 Å². The van der Waals surface area contributed by atoms with Crippen LogP contribution in [0.2, 0.25) is 5.02 Å². The number of hydrogen-bond acceptors (Lipinski definition) is 3. The summed E-state index contributed by atoms with van der Waals surface area (Å²) in [6.45, 7) is 3.06. The van der Waals surface area contributed by atoms with Crippen molar-refractivity contribution in [2.24, 2.45) is 0 Å². The predicted molar refractivity (Wildman–Crippen MR) is 93.2 cm³/mol. The maximum Gasteiger partial charge on any atom is 0.274 e. The molecule has 1 N–H and O–H groups in total. The largest absolute Gasteiger partial charge is 0.335 e. The SMILES string of the molecule is O=C(c1cc(C2CC2)[nH]n1)N1CCN(Cc2c(F)cccc2Cl)CC1. The molecule has 1 aliphatic heterocycles. The predicted octanol–water partition coefficient (Wildman–Crippen LogP) is 3.04. The lowest BCUT2D eigenvalue weighted by molar-refractivity contribution is 0.0621. The Morgan fingerprint density at radius 1 is 1.28 bits per heavy atom. The van der Waals surface area contributed by atoms with Gasteiger partial charge in [0, 0.05) is 54.9 Å². The fourth-order valence-electron chi connectivity index (χ4n) is 3.23. The van der Waals surface area contributed by atoms with E-state index in [0.717, 1.165) is 5.69 Å². The summed E-state index contributed by atoms with van der Waals surface area (Å²) in [6.07, 6.45) is 2.35. The number of H-pyrrole nitrogens is 1. The van der Waals surface area contributed by atoms with E-state index in [0.29, 0.717) is 54.9 Å². The van der Waals surface area contributed by atoms with Crippen LogP contribution in [0, 0.1) is 5.82 Å². The summed E-state index contributed by atoms with van der Waals surface area (Å²) in [5.41, 5.74) is 2.08. The van der Waals surface area contributed by atoms with Crippen LogP contribution in [0.1, 0.15) is 40.5 Å². The van der Waals surface area contributed by atoms with Gasteiger partial charge in [-0.1, -0.05) is 17.7 Å². The number of piperazine rings is 1. The summed E-state index contributed by atoms with van der Waals surface area (Å²) in [6, 6.07) is 6.62. The van der Waals surface area contributed by atoms with Crippen LogP contribution in [-0.2, 0) is 6.54 Å². The van der Waals surface area contributed by atoms with Gasteiger partial charge in [0.15, 0.2) is 0 Å². The van der Waals surface area contributed by atoms with Crippen LogP contribution >= 0.6 is 11.6 Å².